The first-order chi connectivity index (χ1) is 5.79. The van der Waals surface area contributed by atoms with Gasteiger partial charge in [-0.05, 0) is 35.3 Å². The predicted octanol–water partition coefficient (Wildman–Crippen LogP) is 1.23. The molecule has 12 heavy (non-hydrogen) atoms. The summed E-state index contributed by atoms with van der Waals surface area (Å²) in [6.07, 6.45) is 3.92. The summed E-state index contributed by atoms with van der Waals surface area (Å²) in [6, 6.07) is 0. The largest absolute Gasteiger partial charge is 0.504 e. The van der Waals surface area contributed by atoms with Crippen LogP contribution in [0.4, 0.5) is 0 Å². The van der Waals surface area contributed by atoms with Gasteiger partial charge in [-0.1, -0.05) is 0 Å². The van der Waals surface area contributed by atoms with Crippen LogP contribution >= 0.6 is 15.9 Å². The van der Waals surface area contributed by atoms with Gasteiger partial charge in [0.05, 0.1) is 6.20 Å². The maximum atomic E-state index is 9.24. The van der Waals surface area contributed by atoms with E-state index in [2.05, 4.69) is 26.3 Å². The van der Waals surface area contributed by atoms with Crippen molar-refractivity contribution in [2.45, 2.75) is 19.0 Å². The van der Waals surface area contributed by atoms with Crippen molar-refractivity contribution in [3.63, 3.8) is 0 Å². The van der Waals surface area contributed by atoms with Crippen LogP contribution in [0.2, 0.25) is 0 Å². The fourth-order valence-electron chi connectivity index (χ4n) is 1.43. The average molecular weight is 232 g/mol. The summed E-state index contributed by atoms with van der Waals surface area (Å²) in [5.74, 6) is 0.198. The summed E-state index contributed by atoms with van der Waals surface area (Å²) in [5, 5.41) is 16.6. The van der Waals surface area contributed by atoms with Crippen molar-refractivity contribution in [3.8, 4) is 5.75 Å². The van der Waals surface area contributed by atoms with E-state index in [-0.39, 0.29) is 11.9 Å². The first-order valence-corrected chi connectivity index (χ1v) is 4.73. The third kappa shape index (κ3) is 1.23. The van der Waals surface area contributed by atoms with E-state index in [0.29, 0.717) is 4.60 Å². The first-order valence-electron chi connectivity index (χ1n) is 3.94. The zero-order valence-electron chi connectivity index (χ0n) is 6.50. The lowest BCUT2D eigenvalue weighted by atomic mass is 10.3. The fourth-order valence-corrected chi connectivity index (χ4v) is 1.87. The Bertz CT molecular complexity index is 280. The molecule has 0 radical (unpaired) electrons. The Morgan fingerprint density at radius 2 is 2.58 bits per heavy atom. The highest BCUT2D eigenvalue weighted by atomic mass is 79.9. The molecule has 5 heteroatoms. The molecule has 1 aromatic rings. The van der Waals surface area contributed by atoms with Crippen LogP contribution in [0.3, 0.4) is 0 Å². The summed E-state index contributed by atoms with van der Waals surface area (Å²) in [6.45, 7) is 1.03. The predicted molar refractivity (Wildman–Crippen MR) is 47.9 cm³/mol. The van der Waals surface area contributed by atoms with Crippen molar-refractivity contribution in [2.75, 3.05) is 6.54 Å². The van der Waals surface area contributed by atoms with Crippen LogP contribution in [0.15, 0.2) is 10.8 Å². The van der Waals surface area contributed by atoms with Crippen molar-refractivity contribution in [1.82, 2.24) is 15.1 Å². The Labute approximate surface area is 78.7 Å². The van der Waals surface area contributed by atoms with E-state index in [1.165, 1.54) is 6.20 Å². The van der Waals surface area contributed by atoms with E-state index >= 15 is 0 Å². The second-order valence-corrected chi connectivity index (χ2v) is 3.63. The Morgan fingerprint density at radius 1 is 1.75 bits per heavy atom. The van der Waals surface area contributed by atoms with Crippen molar-refractivity contribution >= 4 is 15.9 Å². The van der Waals surface area contributed by atoms with E-state index < -0.39 is 0 Å². The van der Waals surface area contributed by atoms with Gasteiger partial charge in [-0.25, -0.2) is 4.68 Å². The minimum Gasteiger partial charge on any atom is -0.504 e. The number of hydrogen-bond acceptors (Lipinski definition) is 3. The lowest BCUT2D eigenvalue weighted by Crippen LogP contribution is -2.20. The van der Waals surface area contributed by atoms with Crippen molar-refractivity contribution < 1.29 is 5.11 Å². The van der Waals surface area contributed by atoms with Crippen LogP contribution in [-0.2, 0) is 0 Å². The minimum atomic E-state index is 0.198. The van der Waals surface area contributed by atoms with Gasteiger partial charge in [-0.15, -0.1) is 0 Å². The number of rotatable bonds is 1. The number of nitrogens with zero attached hydrogens (tertiary/aromatic N) is 2. The SMILES string of the molecule is Oc1cnn(C2CCCN2)c1Br. The van der Waals surface area contributed by atoms with Crippen molar-refractivity contribution in [1.29, 1.82) is 0 Å². The van der Waals surface area contributed by atoms with Gasteiger partial charge in [0.25, 0.3) is 0 Å². The van der Waals surface area contributed by atoms with E-state index in [1.807, 2.05) is 0 Å². The summed E-state index contributed by atoms with van der Waals surface area (Å²) in [7, 11) is 0. The molecule has 0 spiro atoms. The third-order valence-corrected chi connectivity index (χ3v) is 2.82. The normalized spacial score (nSPS) is 23.2. The number of halogens is 1. The monoisotopic (exact) mass is 231 g/mol. The summed E-state index contributed by atoms with van der Waals surface area (Å²) >= 11 is 3.27. The van der Waals surface area contributed by atoms with Gasteiger partial charge in [-0.3, -0.25) is 5.32 Å². The molecule has 2 N–H and O–H groups in total. The molecule has 0 aliphatic carbocycles. The van der Waals surface area contributed by atoms with Gasteiger partial charge in [-0.2, -0.15) is 5.10 Å². The van der Waals surface area contributed by atoms with Crippen LogP contribution in [0.5, 0.6) is 5.75 Å². The standard InChI is InChI=1S/C7H10BrN3O/c8-7-5(12)4-10-11(7)6-2-1-3-9-6/h4,6,9,12H,1-3H2. The average Bonchev–Trinajstić information content (AvgIpc) is 2.64. The van der Waals surface area contributed by atoms with E-state index in [4.69, 9.17) is 0 Å². The molecule has 66 valence electrons. The molecule has 1 unspecified atom stereocenters. The highest BCUT2D eigenvalue weighted by Crippen LogP contribution is 2.27. The number of nitrogens with one attached hydrogen (secondary N) is 1. The van der Waals surface area contributed by atoms with E-state index in [1.54, 1.807) is 4.68 Å². The topological polar surface area (TPSA) is 50.1 Å². The van der Waals surface area contributed by atoms with Crippen LogP contribution in [0, 0.1) is 0 Å². The van der Waals surface area contributed by atoms with Crippen LogP contribution in [0.25, 0.3) is 0 Å². The second-order valence-electron chi connectivity index (χ2n) is 2.88. The molecule has 2 heterocycles. The molecular formula is C7H10BrN3O. The molecule has 0 aromatic carbocycles. The van der Waals surface area contributed by atoms with Crippen LogP contribution in [-0.4, -0.2) is 21.4 Å². The molecule has 1 fully saturated rings. The van der Waals surface area contributed by atoms with Gasteiger partial charge in [0, 0.05) is 0 Å². The minimum absolute atomic E-state index is 0.198. The zero-order valence-corrected chi connectivity index (χ0v) is 8.08. The quantitative estimate of drug-likeness (QED) is 0.765. The Hall–Kier alpha value is -0.550. The molecule has 1 aliphatic heterocycles. The molecule has 0 amide bonds. The zero-order chi connectivity index (χ0) is 8.55. The first kappa shape index (κ1) is 8.07. The Kier molecular flexibility index (Phi) is 2.06. The van der Waals surface area contributed by atoms with E-state index in [0.717, 1.165) is 19.4 Å². The molecule has 1 atom stereocenters. The molecule has 0 bridgehead atoms. The smallest absolute Gasteiger partial charge is 0.168 e. The highest BCUT2D eigenvalue weighted by Gasteiger charge is 2.19. The van der Waals surface area contributed by atoms with Crippen molar-refractivity contribution in [2.24, 2.45) is 0 Å². The van der Waals surface area contributed by atoms with Crippen LogP contribution in [0.1, 0.15) is 19.0 Å². The maximum absolute atomic E-state index is 9.24. The summed E-state index contributed by atoms with van der Waals surface area (Å²) in [5.41, 5.74) is 0. The van der Waals surface area contributed by atoms with Gasteiger partial charge < -0.3 is 5.11 Å². The summed E-state index contributed by atoms with van der Waals surface area (Å²) in [4.78, 5) is 0. The number of aromatic hydroxyl groups is 1. The molecule has 0 saturated carbocycles. The second kappa shape index (κ2) is 3.06. The van der Waals surface area contributed by atoms with Gasteiger partial charge in [0.15, 0.2) is 5.75 Å². The van der Waals surface area contributed by atoms with Crippen LogP contribution < -0.4 is 5.32 Å². The number of hydrogen-bond donors (Lipinski definition) is 2. The summed E-state index contributed by atoms with van der Waals surface area (Å²) < 4.78 is 2.42. The number of aromatic nitrogens is 2. The van der Waals surface area contributed by atoms with Gasteiger partial charge in [0.1, 0.15) is 10.8 Å². The molecule has 2 rings (SSSR count). The Morgan fingerprint density at radius 3 is 3.08 bits per heavy atom. The third-order valence-electron chi connectivity index (χ3n) is 2.05. The maximum Gasteiger partial charge on any atom is 0.168 e. The fraction of sp³-hybridized carbons (Fsp3) is 0.571. The molecule has 4 nitrogen and oxygen atoms in total. The molecule has 1 aromatic heterocycles. The van der Waals surface area contributed by atoms with Gasteiger partial charge >= 0.3 is 0 Å². The molecule has 1 saturated heterocycles. The van der Waals surface area contributed by atoms with Gasteiger partial charge in [0.2, 0.25) is 0 Å². The van der Waals surface area contributed by atoms with E-state index in [9.17, 15) is 5.11 Å². The Balaban J connectivity index is 2.26. The molecule has 1 aliphatic rings. The molecular weight excluding hydrogens is 222 g/mol. The van der Waals surface area contributed by atoms with Crippen molar-refractivity contribution in [3.05, 3.63) is 10.8 Å². The lowest BCUT2D eigenvalue weighted by molar-refractivity contribution is 0.410. The highest BCUT2D eigenvalue weighted by molar-refractivity contribution is 9.10. The lowest BCUT2D eigenvalue weighted by Gasteiger charge is -2.11.